The molecule has 1 N–H and O–H groups in total. The van der Waals surface area contributed by atoms with Gasteiger partial charge in [-0.2, -0.15) is 0 Å². The monoisotopic (exact) mass is 296 g/mol. The van der Waals surface area contributed by atoms with Gasteiger partial charge in [-0.15, -0.1) is 11.3 Å². The Morgan fingerprint density at radius 1 is 1.20 bits per heavy atom. The third-order valence-corrected chi connectivity index (χ3v) is 4.86. The van der Waals surface area contributed by atoms with Crippen molar-refractivity contribution in [2.24, 2.45) is 5.92 Å². The van der Waals surface area contributed by atoms with E-state index in [0.717, 1.165) is 25.4 Å². The Kier molecular flexibility index (Phi) is 8.43. The van der Waals surface area contributed by atoms with Crippen molar-refractivity contribution in [1.29, 1.82) is 0 Å². The minimum absolute atomic E-state index is 0.612. The highest BCUT2D eigenvalue weighted by Crippen LogP contribution is 2.13. The van der Waals surface area contributed by atoms with Crippen LogP contribution in [0.1, 0.15) is 45.4 Å². The molecule has 2 nitrogen and oxygen atoms in total. The second-order valence-electron chi connectivity index (χ2n) is 6.44. The van der Waals surface area contributed by atoms with Gasteiger partial charge in [0.15, 0.2) is 0 Å². The standard InChI is InChI=1S/C17H32N2S/c1-14(2)8-9-15(3)18-10-11-19(5)16(4)13-17-7-6-12-20-17/h6-7,12,14-16,18H,8-11,13H2,1-5H3. The molecule has 1 aromatic rings. The molecule has 3 heteroatoms. The van der Waals surface area contributed by atoms with E-state index in [9.17, 15) is 0 Å². The summed E-state index contributed by atoms with van der Waals surface area (Å²) in [4.78, 5) is 3.95. The Morgan fingerprint density at radius 3 is 2.55 bits per heavy atom. The van der Waals surface area contributed by atoms with Gasteiger partial charge in [0, 0.05) is 30.1 Å². The molecule has 0 radical (unpaired) electrons. The van der Waals surface area contributed by atoms with E-state index >= 15 is 0 Å². The lowest BCUT2D eigenvalue weighted by molar-refractivity contribution is 0.252. The van der Waals surface area contributed by atoms with E-state index in [1.807, 2.05) is 11.3 Å². The highest BCUT2D eigenvalue weighted by atomic mass is 32.1. The van der Waals surface area contributed by atoms with Crippen LogP contribution in [0.15, 0.2) is 17.5 Å². The molecular weight excluding hydrogens is 264 g/mol. The fourth-order valence-electron chi connectivity index (χ4n) is 2.27. The van der Waals surface area contributed by atoms with Crippen LogP contribution in [0.25, 0.3) is 0 Å². The predicted octanol–water partition coefficient (Wildman–Crippen LogP) is 4.03. The van der Waals surface area contributed by atoms with E-state index in [4.69, 9.17) is 0 Å². The SMILES string of the molecule is CC(C)CCC(C)NCCN(C)C(C)Cc1cccs1. The fourth-order valence-corrected chi connectivity index (χ4v) is 3.10. The van der Waals surface area contributed by atoms with Gasteiger partial charge in [-0.1, -0.05) is 19.9 Å². The summed E-state index contributed by atoms with van der Waals surface area (Å²) in [6.07, 6.45) is 3.77. The lowest BCUT2D eigenvalue weighted by atomic mass is 10.0. The van der Waals surface area contributed by atoms with Crippen molar-refractivity contribution in [3.8, 4) is 0 Å². The lowest BCUT2D eigenvalue weighted by Gasteiger charge is -2.25. The second kappa shape index (κ2) is 9.54. The largest absolute Gasteiger partial charge is 0.313 e. The average molecular weight is 297 g/mol. The molecule has 1 rings (SSSR count). The van der Waals surface area contributed by atoms with Crippen LogP contribution in [0.5, 0.6) is 0 Å². The molecule has 116 valence electrons. The summed E-state index contributed by atoms with van der Waals surface area (Å²) >= 11 is 1.86. The first-order valence-corrected chi connectivity index (χ1v) is 8.83. The van der Waals surface area contributed by atoms with Crippen LogP contribution in [0.4, 0.5) is 0 Å². The molecule has 0 saturated carbocycles. The molecule has 0 amide bonds. The number of hydrogen-bond donors (Lipinski definition) is 1. The van der Waals surface area contributed by atoms with Crippen LogP contribution in [-0.4, -0.2) is 37.1 Å². The van der Waals surface area contributed by atoms with Crippen LogP contribution in [0.3, 0.4) is 0 Å². The number of hydrogen-bond acceptors (Lipinski definition) is 3. The van der Waals surface area contributed by atoms with Crippen molar-refractivity contribution in [2.75, 3.05) is 20.1 Å². The van der Waals surface area contributed by atoms with E-state index in [2.05, 4.69) is 62.5 Å². The van der Waals surface area contributed by atoms with Gasteiger partial charge in [-0.05, 0) is 57.5 Å². The smallest absolute Gasteiger partial charge is 0.0113 e. The molecule has 0 aliphatic carbocycles. The van der Waals surface area contributed by atoms with Gasteiger partial charge in [0.25, 0.3) is 0 Å². The molecule has 1 aromatic heterocycles. The molecular formula is C17H32N2S. The van der Waals surface area contributed by atoms with Gasteiger partial charge in [0.05, 0.1) is 0 Å². The fraction of sp³-hybridized carbons (Fsp3) is 0.765. The molecule has 1 heterocycles. The molecule has 2 unspecified atom stereocenters. The predicted molar refractivity (Wildman–Crippen MR) is 91.7 cm³/mol. The first-order chi connectivity index (χ1) is 9.49. The maximum absolute atomic E-state index is 3.64. The topological polar surface area (TPSA) is 15.3 Å². The van der Waals surface area contributed by atoms with Crippen molar-refractivity contribution in [3.05, 3.63) is 22.4 Å². The van der Waals surface area contributed by atoms with E-state index in [0.29, 0.717) is 12.1 Å². The van der Waals surface area contributed by atoms with E-state index in [1.165, 1.54) is 17.7 Å². The van der Waals surface area contributed by atoms with Gasteiger partial charge in [0.1, 0.15) is 0 Å². The molecule has 0 fully saturated rings. The zero-order chi connectivity index (χ0) is 15.0. The number of likely N-dealkylation sites (N-methyl/N-ethyl adjacent to an activating group) is 1. The minimum atomic E-state index is 0.612. The number of rotatable bonds is 10. The second-order valence-corrected chi connectivity index (χ2v) is 7.47. The van der Waals surface area contributed by atoms with Gasteiger partial charge in [0.2, 0.25) is 0 Å². The molecule has 0 aliphatic rings. The van der Waals surface area contributed by atoms with E-state index in [1.54, 1.807) is 0 Å². The van der Waals surface area contributed by atoms with Gasteiger partial charge in [-0.25, -0.2) is 0 Å². The van der Waals surface area contributed by atoms with E-state index < -0.39 is 0 Å². The highest BCUT2D eigenvalue weighted by molar-refractivity contribution is 7.09. The summed E-state index contributed by atoms with van der Waals surface area (Å²) in [5, 5.41) is 5.81. The first-order valence-electron chi connectivity index (χ1n) is 7.95. The van der Waals surface area contributed by atoms with Gasteiger partial charge < -0.3 is 10.2 Å². The lowest BCUT2D eigenvalue weighted by Crippen LogP contribution is -2.38. The Morgan fingerprint density at radius 2 is 1.95 bits per heavy atom. The Hall–Kier alpha value is -0.380. The summed E-state index contributed by atoms with van der Waals surface area (Å²) in [5.41, 5.74) is 0. The Labute approximate surface area is 129 Å². The third kappa shape index (κ3) is 7.41. The minimum Gasteiger partial charge on any atom is -0.313 e. The molecule has 0 bridgehead atoms. The summed E-state index contributed by atoms with van der Waals surface area (Å²) in [6.45, 7) is 11.4. The zero-order valence-corrected chi connectivity index (χ0v) is 14.7. The molecule has 20 heavy (non-hydrogen) atoms. The van der Waals surface area contributed by atoms with Gasteiger partial charge in [-0.3, -0.25) is 0 Å². The molecule has 0 aromatic carbocycles. The van der Waals surface area contributed by atoms with Crippen LogP contribution < -0.4 is 5.32 Å². The molecule has 0 aliphatic heterocycles. The Bertz CT molecular complexity index is 335. The number of nitrogens with one attached hydrogen (secondary N) is 1. The van der Waals surface area contributed by atoms with Crippen molar-refractivity contribution in [1.82, 2.24) is 10.2 Å². The quantitative estimate of drug-likeness (QED) is 0.701. The van der Waals surface area contributed by atoms with Crippen LogP contribution in [0, 0.1) is 5.92 Å². The summed E-state index contributed by atoms with van der Waals surface area (Å²) in [5.74, 6) is 0.813. The van der Waals surface area contributed by atoms with Crippen molar-refractivity contribution in [3.63, 3.8) is 0 Å². The summed E-state index contributed by atoms with van der Waals surface area (Å²) in [6, 6.07) is 5.63. The normalized spacial score (nSPS) is 14.9. The van der Waals surface area contributed by atoms with Crippen molar-refractivity contribution in [2.45, 2.75) is 59.0 Å². The number of nitrogens with zero attached hydrogens (tertiary/aromatic N) is 1. The zero-order valence-electron chi connectivity index (χ0n) is 13.9. The van der Waals surface area contributed by atoms with Crippen LogP contribution >= 0.6 is 11.3 Å². The molecule has 2 atom stereocenters. The van der Waals surface area contributed by atoms with Crippen LogP contribution in [0.2, 0.25) is 0 Å². The van der Waals surface area contributed by atoms with Crippen molar-refractivity contribution >= 4 is 11.3 Å². The highest BCUT2D eigenvalue weighted by Gasteiger charge is 2.11. The van der Waals surface area contributed by atoms with Gasteiger partial charge >= 0.3 is 0 Å². The molecule has 0 saturated heterocycles. The average Bonchev–Trinajstić information content (AvgIpc) is 2.89. The first kappa shape index (κ1) is 17.7. The molecule has 0 spiro atoms. The summed E-state index contributed by atoms with van der Waals surface area (Å²) in [7, 11) is 2.23. The van der Waals surface area contributed by atoms with Crippen molar-refractivity contribution < 1.29 is 0 Å². The maximum Gasteiger partial charge on any atom is 0.0113 e. The maximum atomic E-state index is 3.64. The summed E-state index contributed by atoms with van der Waals surface area (Å²) < 4.78 is 0. The Balaban J connectivity index is 2.14. The number of thiophene rings is 1. The third-order valence-electron chi connectivity index (χ3n) is 3.96. The van der Waals surface area contributed by atoms with E-state index in [-0.39, 0.29) is 0 Å². The van der Waals surface area contributed by atoms with Crippen LogP contribution in [-0.2, 0) is 6.42 Å².